The molecule has 5 nitrogen and oxygen atoms in total. The van der Waals surface area contributed by atoms with Crippen molar-refractivity contribution in [2.45, 2.75) is 25.5 Å². The Kier molecular flexibility index (Phi) is 3.66. The third-order valence-electron chi connectivity index (χ3n) is 3.26. The number of benzene rings is 1. The summed E-state index contributed by atoms with van der Waals surface area (Å²) in [6.45, 7) is 1.46. The standard InChI is InChI=1S/C13H14ClNO4/c1-7(13(17)18)15(2)12(16)11-6-8-5-9(14)3-4-10(8)19-11/h3-5,7,11H,6H2,1-2H3,(H,17,18). The van der Waals surface area contributed by atoms with E-state index in [9.17, 15) is 9.59 Å². The fraction of sp³-hybridized carbons (Fsp3) is 0.385. The first-order chi connectivity index (χ1) is 8.90. The van der Waals surface area contributed by atoms with Crippen molar-refractivity contribution in [2.75, 3.05) is 7.05 Å². The molecule has 6 heteroatoms. The van der Waals surface area contributed by atoms with Crippen molar-refractivity contribution >= 4 is 23.5 Å². The highest BCUT2D eigenvalue weighted by atomic mass is 35.5. The fourth-order valence-electron chi connectivity index (χ4n) is 1.94. The summed E-state index contributed by atoms with van der Waals surface area (Å²) in [7, 11) is 1.46. The molecule has 0 bridgehead atoms. The maximum atomic E-state index is 12.1. The van der Waals surface area contributed by atoms with Crippen LogP contribution in [0.5, 0.6) is 5.75 Å². The van der Waals surface area contributed by atoms with Crippen molar-refractivity contribution in [2.24, 2.45) is 0 Å². The first kappa shape index (κ1) is 13.7. The number of likely N-dealkylation sites (N-methyl/N-ethyl adjacent to an activating group) is 1. The lowest BCUT2D eigenvalue weighted by Crippen LogP contribution is -2.46. The molecule has 102 valence electrons. The van der Waals surface area contributed by atoms with Gasteiger partial charge in [0, 0.05) is 18.5 Å². The molecule has 19 heavy (non-hydrogen) atoms. The topological polar surface area (TPSA) is 66.8 Å². The Morgan fingerprint density at radius 1 is 1.53 bits per heavy atom. The number of carboxylic acids is 1. The van der Waals surface area contributed by atoms with Crippen molar-refractivity contribution in [3.63, 3.8) is 0 Å². The van der Waals surface area contributed by atoms with E-state index in [2.05, 4.69) is 0 Å². The number of aliphatic carboxylic acids is 1. The van der Waals surface area contributed by atoms with Crippen LogP contribution in [0, 0.1) is 0 Å². The number of carbonyl (C=O) groups is 2. The second kappa shape index (κ2) is 5.09. The summed E-state index contributed by atoms with van der Waals surface area (Å²) in [5.41, 5.74) is 0.863. The molecule has 2 rings (SSSR count). The molecule has 0 radical (unpaired) electrons. The van der Waals surface area contributed by atoms with E-state index in [1.165, 1.54) is 18.9 Å². The molecule has 1 N–H and O–H groups in total. The SMILES string of the molecule is CC(C(=O)O)N(C)C(=O)C1Cc2cc(Cl)ccc2O1. The molecular formula is C13H14ClNO4. The summed E-state index contributed by atoms with van der Waals surface area (Å²) < 4.78 is 5.53. The summed E-state index contributed by atoms with van der Waals surface area (Å²) in [5, 5.41) is 9.49. The Bertz CT molecular complexity index is 531. The number of nitrogens with zero attached hydrogens (tertiary/aromatic N) is 1. The number of hydrogen-bond acceptors (Lipinski definition) is 3. The van der Waals surface area contributed by atoms with Gasteiger partial charge in [-0.05, 0) is 30.7 Å². The summed E-state index contributed by atoms with van der Waals surface area (Å²) in [6.07, 6.45) is -0.272. The molecule has 0 fully saturated rings. The van der Waals surface area contributed by atoms with Gasteiger partial charge < -0.3 is 14.7 Å². The molecule has 1 aromatic rings. The molecule has 1 aromatic carbocycles. The zero-order chi connectivity index (χ0) is 14.2. The zero-order valence-electron chi connectivity index (χ0n) is 10.6. The van der Waals surface area contributed by atoms with Gasteiger partial charge in [0.15, 0.2) is 6.10 Å². The molecule has 2 atom stereocenters. The fourth-order valence-corrected chi connectivity index (χ4v) is 2.13. The highest BCUT2D eigenvalue weighted by molar-refractivity contribution is 6.30. The van der Waals surface area contributed by atoms with Gasteiger partial charge in [-0.15, -0.1) is 0 Å². The molecule has 2 unspecified atom stereocenters. The molecule has 0 saturated heterocycles. The zero-order valence-corrected chi connectivity index (χ0v) is 11.3. The normalized spacial score (nSPS) is 18.4. The number of fused-ring (bicyclic) bond motifs is 1. The van der Waals surface area contributed by atoms with Gasteiger partial charge in [-0.2, -0.15) is 0 Å². The molecule has 0 aromatic heterocycles. The van der Waals surface area contributed by atoms with Crippen molar-refractivity contribution in [1.29, 1.82) is 0 Å². The largest absolute Gasteiger partial charge is 0.480 e. The highest BCUT2D eigenvalue weighted by Gasteiger charge is 2.34. The van der Waals surface area contributed by atoms with Crippen molar-refractivity contribution in [3.05, 3.63) is 28.8 Å². The molecule has 1 aliphatic heterocycles. The van der Waals surface area contributed by atoms with Gasteiger partial charge in [-0.3, -0.25) is 4.79 Å². The predicted molar refractivity (Wildman–Crippen MR) is 69.4 cm³/mol. The third-order valence-corrected chi connectivity index (χ3v) is 3.49. The van der Waals surface area contributed by atoms with Gasteiger partial charge in [-0.1, -0.05) is 11.6 Å². The Hall–Kier alpha value is -1.75. The number of carboxylic acid groups (broad SMARTS) is 1. The lowest BCUT2D eigenvalue weighted by Gasteiger charge is -2.24. The molecule has 0 aliphatic carbocycles. The average molecular weight is 284 g/mol. The number of rotatable bonds is 3. The van der Waals surface area contributed by atoms with Crippen LogP contribution in [-0.4, -0.2) is 41.1 Å². The second-order valence-electron chi connectivity index (χ2n) is 4.53. The van der Waals surface area contributed by atoms with E-state index in [-0.39, 0.29) is 5.91 Å². The van der Waals surface area contributed by atoms with Crippen LogP contribution in [0.4, 0.5) is 0 Å². The monoisotopic (exact) mass is 283 g/mol. The Morgan fingerprint density at radius 2 is 2.21 bits per heavy atom. The Labute approximate surface area is 115 Å². The van der Waals surface area contributed by atoms with E-state index >= 15 is 0 Å². The number of ether oxygens (including phenoxy) is 1. The summed E-state index contributed by atoms with van der Waals surface area (Å²) >= 11 is 5.88. The smallest absolute Gasteiger partial charge is 0.326 e. The van der Waals surface area contributed by atoms with Crippen LogP contribution in [0.2, 0.25) is 5.02 Å². The first-order valence-electron chi connectivity index (χ1n) is 5.84. The van der Waals surface area contributed by atoms with Gasteiger partial charge in [0.2, 0.25) is 0 Å². The van der Waals surface area contributed by atoms with Crippen molar-refractivity contribution < 1.29 is 19.4 Å². The Morgan fingerprint density at radius 3 is 2.84 bits per heavy atom. The minimum absolute atomic E-state index is 0.345. The lowest BCUT2D eigenvalue weighted by molar-refractivity contribution is -0.150. The van der Waals surface area contributed by atoms with Crippen molar-refractivity contribution in [3.8, 4) is 5.75 Å². The van der Waals surface area contributed by atoms with Crippen LogP contribution in [0.15, 0.2) is 18.2 Å². The van der Waals surface area contributed by atoms with Crippen LogP contribution in [0.25, 0.3) is 0 Å². The van der Waals surface area contributed by atoms with E-state index < -0.39 is 18.1 Å². The van der Waals surface area contributed by atoms with E-state index in [1.54, 1.807) is 18.2 Å². The van der Waals surface area contributed by atoms with Crippen LogP contribution >= 0.6 is 11.6 Å². The molecule has 1 heterocycles. The average Bonchev–Trinajstić information content (AvgIpc) is 2.78. The van der Waals surface area contributed by atoms with Crippen LogP contribution in [-0.2, 0) is 16.0 Å². The molecule has 0 saturated carbocycles. The summed E-state index contributed by atoms with van der Waals surface area (Å²) in [4.78, 5) is 24.2. The van der Waals surface area contributed by atoms with E-state index in [1.807, 2.05) is 0 Å². The minimum atomic E-state index is -1.05. The molecule has 1 aliphatic rings. The maximum absolute atomic E-state index is 12.1. The van der Waals surface area contributed by atoms with E-state index in [0.29, 0.717) is 17.2 Å². The van der Waals surface area contributed by atoms with Gasteiger partial charge in [0.1, 0.15) is 11.8 Å². The maximum Gasteiger partial charge on any atom is 0.326 e. The second-order valence-corrected chi connectivity index (χ2v) is 4.96. The number of hydrogen-bond donors (Lipinski definition) is 1. The Balaban J connectivity index is 2.10. The summed E-state index contributed by atoms with van der Waals surface area (Å²) in [5.74, 6) is -0.768. The van der Waals surface area contributed by atoms with Crippen LogP contribution in [0.1, 0.15) is 12.5 Å². The van der Waals surface area contributed by atoms with Gasteiger partial charge in [0.05, 0.1) is 0 Å². The molecular weight excluding hydrogens is 270 g/mol. The number of amides is 1. The van der Waals surface area contributed by atoms with Crippen LogP contribution < -0.4 is 4.74 Å². The molecule has 0 spiro atoms. The van der Waals surface area contributed by atoms with Crippen molar-refractivity contribution in [1.82, 2.24) is 4.90 Å². The quantitative estimate of drug-likeness (QED) is 0.914. The highest BCUT2D eigenvalue weighted by Crippen LogP contribution is 2.31. The minimum Gasteiger partial charge on any atom is -0.480 e. The number of halogens is 1. The number of carbonyl (C=O) groups excluding carboxylic acids is 1. The van der Waals surface area contributed by atoms with E-state index in [0.717, 1.165) is 5.56 Å². The van der Waals surface area contributed by atoms with E-state index in [4.69, 9.17) is 21.4 Å². The van der Waals surface area contributed by atoms with Gasteiger partial charge in [0.25, 0.3) is 5.91 Å². The third kappa shape index (κ3) is 2.66. The van der Waals surface area contributed by atoms with Gasteiger partial charge in [-0.25, -0.2) is 4.79 Å². The lowest BCUT2D eigenvalue weighted by atomic mass is 10.1. The first-order valence-corrected chi connectivity index (χ1v) is 6.22. The van der Waals surface area contributed by atoms with Crippen LogP contribution in [0.3, 0.4) is 0 Å². The summed E-state index contributed by atoms with van der Waals surface area (Å²) in [6, 6.07) is 4.27. The van der Waals surface area contributed by atoms with Gasteiger partial charge >= 0.3 is 5.97 Å². The molecule has 1 amide bonds. The predicted octanol–water partition coefficient (Wildman–Crippen LogP) is 1.57.